The van der Waals surface area contributed by atoms with Gasteiger partial charge in [0.25, 0.3) is 5.88 Å². The van der Waals surface area contributed by atoms with E-state index in [0.717, 1.165) is 0 Å². The lowest BCUT2D eigenvalue weighted by molar-refractivity contribution is -0.153. The molecule has 1 saturated heterocycles. The fourth-order valence-corrected chi connectivity index (χ4v) is 5.06. The molecule has 2 N–H and O–H groups in total. The first-order valence-electron chi connectivity index (χ1n) is 8.93. The molecular formula is C19H21ClF3N3O3S. The molecule has 0 unspecified atom stereocenters. The number of anilines is 2. The Bertz CT molecular complexity index is 950. The van der Waals surface area contributed by atoms with Crippen LogP contribution in [-0.4, -0.2) is 47.1 Å². The summed E-state index contributed by atoms with van der Waals surface area (Å²) in [7, 11) is 1.08. The van der Waals surface area contributed by atoms with Crippen LogP contribution in [0.2, 0.25) is 5.02 Å². The minimum absolute atomic E-state index is 0.0702. The number of nitrogens with two attached hydrogens (primary N) is 1. The Hall–Kier alpha value is -2.20. The first kappa shape index (κ1) is 22.5. The molecule has 3 rings (SSSR count). The summed E-state index contributed by atoms with van der Waals surface area (Å²) in [6, 6.07) is 6.08. The number of hydrogen-bond donors (Lipinski definition) is 1. The fourth-order valence-electron chi connectivity index (χ4n) is 3.26. The van der Waals surface area contributed by atoms with Crippen LogP contribution < -0.4 is 20.1 Å². The molecule has 1 aromatic heterocycles. The van der Waals surface area contributed by atoms with Gasteiger partial charge in [-0.15, -0.1) is 0 Å². The summed E-state index contributed by atoms with van der Waals surface area (Å²) in [5, 5.41) is 0.114. The van der Waals surface area contributed by atoms with Gasteiger partial charge in [-0.25, -0.2) is 4.98 Å². The van der Waals surface area contributed by atoms with Gasteiger partial charge in [0, 0.05) is 59.6 Å². The lowest BCUT2D eigenvalue weighted by Gasteiger charge is -2.41. The minimum atomic E-state index is -4.52. The molecule has 0 aliphatic carbocycles. The van der Waals surface area contributed by atoms with Gasteiger partial charge in [-0.05, 0) is 12.1 Å². The third-order valence-corrected chi connectivity index (χ3v) is 6.69. The zero-order valence-electron chi connectivity index (χ0n) is 16.3. The molecule has 0 amide bonds. The largest absolute Gasteiger partial charge is 0.478 e. The molecule has 1 aromatic carbocycles. The van der Waals surface area contributed by atoms with Crippen LogP contribution in [0.5, 0.6) is 17.4 Å². The molecule has 6 nitrogen and oxygen atoms in total. The zero-order chi connectivity index (χ0) is 22.1. The molecule has 0 radical (unpaired) electrons. The molecule has 2 heterocycles. The summed E-state index contributed by atoms with van der Waals surface area (Å²) in [6.45, 7) is 1.20. The van der Waals surface area contributed by atoms with Crippen molar-refractivity contribution in [1.29, 1.82) is 0 Å². The Morgan fingerprint density at radius 1 is 1.33 bits per heavy atom. The van der Waals surface area contributed by atoms with E-state index in [9.17, 15) is 17.4 Å². The highest BCUT2D eigenvalue weighted by atomic mass is 35.5. The number of hydrogen-bond acceptors (Lipinski definition) is 6. The standard InChI is InChI=1S/C19H21ClF3N3O3S/c1-18(10-30(27)11-18)8-26(2)15-6-13(3-4-14(15)24)29-17-16(5-12(20)7-25-17)28-9-19(21,22)23/h3-7H,8-11,24H2,1-2H3. The van der Waals surface area contributed by atoms with Crippen molar-refractivity contribution in [3.63, 3.8) is 0 Å². The topological polar surface area (TPSA) is 77.7 Å². The Labute approximate surface area is 179 Å². The number of rotatable bonds is 7. The first-order valence-corrected chi connectivity index (χ1v) is 10.8. The van der Waals surface area contributed by atoms with Crippen LogP contribution in [0.15, 0.2) is 30.5 Å². The Morgan fingerprint density at radius 3 is 2.67 bits per heavy atom. The molecule has 0 atom stereocenters. The Kier molecular flexibility index (Phi) is 6.37. The number of halogens is 4. The highest BCUT2D eigenvalue weighted by Gasteiger charge is 2.39. The number of ether oxygens (including phenoxy) is 2. The monoisotopic (exact) mass is 463 g/mol. The molecule has 164 valence electrons. The van der Waals surface area contributed by atoms with Gasteiger partial charge in [-0.2, -0.15) is 13.2 Å². The minimum Gasteiger partial charge on any atom is -0.478 e. The van der Waals surface area contributed by atoms with Gasteiger partial charge in [0.1, 0.15) is 5.75 Å². The van der Waals surface area contributed by atoms with Crippen molar-refractivity contribution in [3.8, 4) is 17.4 Å². The lowest BCUT2D eigenvalue weighted by Crippen LogP contribution is -2.49. The van der Waals surface area contributed by atoms with Crippen LogP contribution in [0.4, 0.5) is 24.5 Å². The summed E-state index contributed by atoms with van der Waals surface area (Å²) in [4.78, 5) is 5.88. The van der Waals surface area contributed by atoms with Gasteiger partial charge in [-0.1, -0.05) is 18.5 Å². The van der Waals surface area contributed by atoms with Gasteiger partial charge >= 0.3 is 6.18 Å². The highest BCUT2D eigenvalue weighted by molar-refractivity contribution is 7.86. The van der Waals surface area contributed by atoms with E-state index in [-0.39, 0.29) is 22.1 Å². The third kappa shape index (κ3) is 5.69. The summed E-state index contributed by atoms with van der Waals surface area (Å²) < 4.78 is 59.5. The maximum absolute atomic E-state index is 12.5. The number of nitrogen functional groups attached to an aromatic ring is 1. The number of alkyl halides is 3. The van der Waals surface area contributed by atoms with Crippen molar-refractivity contribution in [2.75, 3.05) is 42.3 Å². The van der Waals surface area contributed by atoms with Gasteiger partial charge in [-0.3, -0.25) is 4.21 Å². The van der Waals surface area contributed by atoms with Crippen molar-refractivity contribution in [3.05, 3.63) is 35.5 Å². The van der Waals surface area contributed by atoms with Gasteiger partial charge in [0.15, 0.2) is 12.4 Å². The van der Waals surface area contributed by atoms with E-state index < -0.39 is 23.6 Å². The predicted octanol–water partition coefficient (Wildman–Crippen LogP) is 4.26. The number of aromatic nitrogens is 1. The molecule has 1 fully saturated rings. The van der Waals surface area contributed by atoms with Crippen molar-refractivity contribution in [1.82, 2.24) is 4.98 Å². The third-order valence-electron chi connectivity index (χ3n) is 4.44. The molecule has 0 bridgehead atoms. The molecule has 1 aliphatic heterocycles. The quantitative estimate of drug-likeness (QED) is 0.618. The maximum atomic E-state index is 12.5. The van der Waals surface area contributed by atoms with Crippen molar-refractivity contribution < 1.29 is 26.9 Å². The van der Waals surface area contributed by atoms with E-state index in [4.69, 9.17) is 26.8 Å². The van der Waals surface area contributed by atoms with Crippen LogP contribution in [0, 0.1) is 5.41 Å². The summed E-state index contributed by atoms with van der Waals surface area (Å²) in [5.74, 6) is 1.20. The fraction of sp³-hybridized carbons (Fsp3) is 0.421. The molecule has 2 aromatic rings. The van der Waals surface area contributed by atoms with Crippen molar-refractivity contribution >= 4 is 33.8 Å². The molecule has 0 saturated carbocycles. The first-order chi connectivity index (χ1) is 13.9. The number of pyridine rings is 1. The maximum Gasteiger partial charge on any atom is 0.422 e. The Balaban J connectivity index is 1.79. The lowest BCUT2D eigenvalue weighted by atomic mass is 9.94. The zero-order valence-corrected chi connectivity index (χ0v) is 17.9. The van der Waals surface area contributed by atoms with E-state index in [1.165, 1.54) is 12.3 Å². The average Bonchev–Trinajstić information content (AvgIpc) is 2.61. The van der Waals surface area contributed by atoms with Crippen molar-refractivity contribution in [2.24, 2.45) is 5.41 Å². The Morgan fingerprint density at radius 2 is 2.03 bits per heavy atom. The number of nitrogens with zero attached hydrogens (tertiary/aromatic N) is 2. The molecule has 11 heteroatoms. The second kappa shape index (κ2) is 8.50. The van der Waals surface area contributed by atoms with Crippen LogP contribution in [-0.2, 0) is 10.8 Å². The van der Waals surface area contributed by atoms with Crippen LogP contribution in [0.3, 0.4) is 0 Å². The van der Waals surface area contributed by atoms with Crippen LogP contribution >= 0.6 is 11.6 Å². The van der Waals surface area contributed by atoms with E-state index in [2.05, 4.69) is 11.9 Å². The molecule has 0 spiro atoms. The van der Waals surface area contributed by atoms with E-state index in [1.807, 2.05) is 11.9 Å². The average molecular weight is 464 g/mol. The highest BCUT2D eigenvalue weighted by Crippen LogP contribution is 2.37. The van der Waals surface area contributed by atoms with Gasteiger partial charge < -0.3 is 20.1 Å². The van der Waals surface area contributed by atoms with Gasteiger partial charge in [0.05, 0.1) is 16.4 Å². The summed E-state index contributed by atoms with van der Waals surface area (Å²) >= 11 is 5.82. The molecule has 1 aliphatic rings. The predicted molar refractivity (Wildman–Crippen MR) is 111 cm³/mol. The van der Waals surface area contributed by atoms with E-state index in [0.29, 0.717) is 35.2 Å². The summed E-state index contributed by atoms with van der Waals surface area (Å²) in [6.07, 6.45) is -3.27. The van der Waals surface area contributed by atoms with Crippen LogP contribution in [0.1, 0.15) is 6.92 Å². The second-order valence-electron chi connectivity index (χ2n) is 7.58. The number of benzene rings is 1. The second-order valence-corrected chi connectivity index (χ2v) is 9.47. The summed E-state index contributed by atoms with van der Waals surface area (Å²) in [5.41, 5.74) is 7.21. The van der Waals surface area contributed by atoms with Crippen LogP contribution in [0.25, 0.3) is 0 Å². The van der Waals surface area contributed by atoms with E-state index in [1.54, 1.807) is 18.2 Å². The van der Waals surface area contributed by atoms with E-state index >= 15 is 0 Å². The SMILES string of the molecule is CN(CC1(C)CS(=O)C1)c1cc(Oc2ncc(Cl)cc2OCC(F)(F)F)ccc1N. The molecular weight excluding hydrogens is 443 g/mol. The smallest absolute Gasteiger partial charge is 0.422 e. The van der Waals surface area contributed by atoms with Gasteiger partial charge in [0.2, 0.25) is 0 Å². The normalized spacial score (nSPS) is 21.1. The molecule has 30 heavy (non-hydrogen) atoms. The van der Waals surface area contributed by atoms with Crippen molar-refractivity contribution in [2.45, 2.75) is 13.1 Å².